The second kappa shape index (κ2) is 6.24. The van der Waals surface area contributed by atoms with E-state index in [1.807, 2.05) is 13.8 Å². The van der Waals surface area contributed by atoms with Crippen molar-refractivity contribution in [3.8, 4) is 0 Å². The van der Waals surface area contributed by atoms with E-state index in [1.54, 1.807) is 55.1 Å². The van der Waals surface area contributed by atoms with Crippen molar-refractivity contribution in [1.29, 1.82) is 0 Å². The number of carboxylic acids is 1. The maximum atomic E-state index is 12.2. The summed E-state index contributed by atoms with van der Waals surface area (Å²) in [5.74, 6) is -1.19. The molecule has 122 valence electrons. The lowest BCUT2D eigenvalue weighted by Gasteiger charge is -2.19. The molecule has 0 fully saturated rings. The molecule has 0 atom stereocenters. The van der Waals surface area contributed by atoms with Crippen LogP contribution in [-0.2, 0) is 10.2 Å². The molecule has 2 aromatic rings. The van der Waals surface area contributed by atoms with Gasteiger partial charge in [-0.2, -0.15) is 5.10 Å². The number of anilines is 1. The number of nitrogens with one attached hydrogen (secondary N) is 1. The predicted molar refractivity (Wildman–Crippen MR) is 87.7 cm³/mol. The Bertz CT molecular complexity index is 715. The van der Waals surface area contributed by atoms with Gasteiger partial charge >= 0.3 is 5.97 Å². The summed E-state index contributed by atoms with van der Waals surface area (Å²) in [5.41, 5.74) is 0.637. The largest absolute Gasteiger partial charge is 0.481 e. The number of benzene rings is 1. The first-order valence-corrected chi connectivity index (χ1v) is 7.42. The number of aliphatic carboxylic acids is 1. The summed E-state index contributed by atoms with van der Waals surface area (Å²) in [7, 11) is 0. The Morgan fingerprint density at radius 2 is 1.78 bits per heavy atom. The summed E-state index contributed by atoms with van der Waals surface area (Å²) in [5, 5.41) is 16.2. The molecule has 0 bridgehead atoms. The lowest BCUT2D eigenvalue weighted by Crippen LogP contribution is -2.28. The zero-order valence-electron chi connectivity index (χ0n) is 13.7. The lowest BCUT2D eigenvalue weighted by molar-refractivity contribution is -0.142. The molecule has 0 spiro atoms. The summed E-state index contributed by atoms with van der Waals surface area (Å²) in [6, 6.07) is 8.65. The van der Waals surface area contributed by atoms with Crippen LogP contribution in [0.1, 0.15) is 49.8 Å². The normalized spacial score (nSPS) is 11.5. The van der Waals surface area contributed by atoms with Crippen LogP contribution in [-0.4, -0.2) is 26.8 Å². The molecule has 0 saturated heterocycles. The van der Waals surface area contributed by atoms with E-state index < -0.39 is 11.4 Å². The number of hydrogen-bond acceptors (Lipinski definition) is 3. The molecular formula is C17H21N3O3. The van der Waals surface area contributed by atoms with Crippen molar-refractivity contribution in [3.05, 3.63) is 47.8 Å². The van der Waals surface area contributed by atoms with Gasteiger partial charge in [-0.15, -0.1) is 0 Å². The van der Waals surface area contributed by atoms with E-state index >= 15 is 0 Å². The number of amides is 1. The molecule has 6 heteroatoms. The first-order chi connectivity index (χ1) is 10.7. The van der Waals surface area contributed by atoms with Gasteiger partial charge in [-0.25, -0.2) is 0 Å². The van der Waals surface area contributed by atoms with E-state index in [2.05, 4.69) is 10.4 Å². The van der Waals surface area contributed by atoms with Crippen LogP contribution in [0.25, 0.3) is 0 Å². The van der Waals surface area contributed by atoms with Crippen LogP contribution < -0.4 is 5.32 Å². The second-order valence-corrected chi connectivity index (χ2v) is 6.24. The average Bonchev–Trinajstić information content (AvgIpc) is 2.97. The summed E-state index contributed by atoms with van der Waals surface area (Å²) < 4.78 is 1.72. The van der Waals surface area contributed by atoms with Crippen LogP contribution in [0.5, 0.6) is 0 Å². The van der Waals surface area contributed by atoms with Gasteiger partial charge in [0.05, 0.1) is 5.41 Å². The fraction of sp³-hybridized carbons (Fsp3) is 0.353. The molecule has 2 N–H and O–H groups in total. The van der Waals surface area contributed by atoms with Crippen LogP contribution in [0.15, 0.2) is 36.5 Å². The van der Waals surface area contributed by atoms with Crippen LogP contribution in [0.3, 0.4) is 0 Å². The summed E-state index contributed by atoms with van der Waals surface area (Å²) >= 11 is 0. The van der Waals surface area contributed by atoms with Gasteiger partial charge in [-0.3, -0.25) is 14.3 Å². The van der Waals surface area contributed by atoms with Crippen molar-refractivity contribution in [3.63, 3.8) is 0 Å². The number of carbonyl (C=O) groups is 2. The van der Waals surface area contributed by atoms with E-state index in [-0.39, 0.29) is 11.9 Å². The predicted octanol–water partition coefficient (Wildman–Crippen LogP) is 3.08. The van der Waals surface area contributed by atoms with Gasteiger partial charge in [0, 0.05) is 17.9 Å². The molecule has 0 saturated carbocycles. The molecular weight excluding hydrogens is 294 g/mol. The SMILES string of the molecule is CC(C)n1ccc(C(=O)Nc2ccc(C(C)(C)C(=O)O)cc2)n1. The van der Waals surface area contributed by atoms with Gasteiger partial charge in [0.25, 0.3) is 5.91 Å². The number of rotatable bonds is 5. The fourth-order valence-corrected chi connectivity index (χ4v) is 2.04. The molecule has 23 heavy (non-hydrogen) atoms. The smallest absolute Gasteiger partial charge is 0.313 e. The van der Waals surface area contributed by atoms with Gasteiger partial charge in [0.2, 0.25) is 0 Å². The van der Waals surface area contributed by atoms with Gasteiger partial charge < -0.3 is 10.4 Å². The van der Waals surface area contributed by atoms with Crippen molar-refractivity contribution in [2.45, 2.75) is 39.2 Å². The van der Waals surface area contributed by atoms with E-state index in [0.29, 0.717) is 16.9 Å². The number of carboxylic acid groups (broad SMARTS) is 1. The Balaban J connectivity index is 2.11. The van der Waals surface area contributed by atoms with E-state index in [1.165, 1.54) is 0 Å². The molecule has 1 amide bonds. The fourth-order valence-electron chi connectivity index (χ4n) is 2.04. The molecule has 2 rings (SSSR count). The van der Waals surface area contributed by atoms with E-state index in [0.717, 1.165) is 0 Å². The molecule has 0 aliphatic carbocycles. The van der Waals surface area contributed by atoms with Gasteiger partial charge in [0.1, 0.15) is 0 Å². The minimum atomic E-state index is -0.974. The summed E-state index contributed by atoms with van der Waals surface area (Å²) in [6.45, 7) is 7.25. The maximum Gasteiger partial charge on any atom is 0.313 e. The highest BCUT2D eigenvalue weighted by molar-refractivity contribution is 6.02. The highest BCUT2D eigenvalue weighted by atomic mass is 16.4. The van der Waals surface area contributed by atoms with Crippen LogP contribution in [0, 0.1) is 0 Å². The average molecular weight is 315 g/mol. The number of carbonyl (C=O) groups excluding carboxylic acids is 1. The third-order valence-corrected chi connectivity index (χ3v) is 3.77. The van der Waals surface area contributed by atoms with Crippen LogP contribution in [0.2, 0.25) is 0 Å². The van der Waals surface area contributed by atoms with Crippen molar-refractivity contribution in [2.75, 3.05) is 5.32 Å². The Morgan fingerprint density at radius 3 is 2.26 bits per heavy atom. The molecule has 0 radical (unpaired) electrons. The molecule has 1 aromatic carbocycles. The van der Waals surface area contributed by atoms with Gasteiger partial charge in [-0.1, -0.05) is 12.1 Å². The second-order valence-electron chi connectivity index (χ2n) is 6.24. The first kappa shape index (κ1) is 16.7. The van der Waals surface area contributed by atoms with Gasteiger partial charge in [0.15, 0.2) is 5.69 Å². The van der Waals surface area contributed by atoms with E-state index in [9.17, 15) is 14.7 Å². The summed E-state index contributed by atoms with van der Waals surface area (Å²) in [4.78, 5) is 23.4. The maximum absolute atomic E-state index is 12.2. The molecule has 1 heterocycles. The van der Waals surface area contributed by atoms with E-state index in [4.69, 9.17) is 0 Å². The Kier molecular flexibility index (Phi) is 4.54. The van der Waals surface area contributed by atoms with Crippen molar-refractivity contribution < 1.29 is 14.7 Å². The Labute approximate surface area is 135 Å². The summed E-state index contributed by atoms with van der Waals surface area (Å²) in [6.07, 6.45) is 1.76. The number of nitrogens with zero attached hydrogens (tertiary/aromatic N) is 2. The third kappa shape index (κ3) is 3.59. The number of hydrogen-bond donors (Lipinski definition) is 2. The molecule has 6 nitrogen and oxygen atoms in total. The highest BCUT2D eigenvalue weighted by Crippen LogP contribution is 2.24. The third-order valence-electron chi connectivity index (χ3n) is 3.77. The molecule has 1 aromatic heterocycles. The quantitative estimate of drug-likeness (QED) is 0.888. The number of aromatic nitrogens is 2. The Morgan fingerprint density at radius 1 is 1.17 bits per heavy atom. The molecule has 0 unspecified atom stereocenters. The van der Waals surface area contributed by atoms with Crippen LogP contribution >= 0.6 is 0 Å². The minimum absolute atomic E-state index is 0.189. The minimum Gasteiger partial charge on any atom is -0.481 e. The first-order valence-electron chi connectivity index (χ1n) is 7.42. The van der Waals surface area contributed by atoms with Crippen molar-refractivity contribution >= 4 is 17.6 Å². The van der Waals surface area contributed by atoms with Crippen LogP contribution in [0.4, 0.5) is 5.69 Å². The zero-order chi connectivity index (χ0) is 17.2. The van der Waals surface area contributed by atoms with Crippen molar-refractivity contribution in [1.82, 2.24) is 9.78 Å². The zero-order valence-corrected chi connectivity index (χ0v) is 13.7. The topological polar surface area (TPSA) is 84.2 Å². The standard InChI is InChI=1S/C17H21N3O3/c1-11(2)20-10-9-14(19-20)15(21)18-13-7-5-12(6-8-13)17(3,4)16(22)23/h5-11H,1-4H3,(H,18,21)(H,22,23). The molecule has 0 aliphatic heterocycles. The highest BCUT2D eigenvalue weighted by Gasteiger charge is 2.29. The van der Waals surface area contributed by atoms with Crippen molar-refractivity contribution in [2.24, 2.45) is 0 Å². The lowest BCUT2D eigenvalue weighted by atomic mass is 9.85. The van der Waals surface area contributed by atoms with Gasteiger partial charge in [-0.05, 0) is 51.5 Å². The monoisotopic (exact) mass is 315 g/mol. The Hall–Kier alpha value is -2.63. The molecule has 0 aliphatic rings.